The number of carbonyl (C=O) groups is 3. The molecule has 2 aromatic carbocycles. The van der Waals surface area contributed by atoms with Gasteiger partial charge in [-0.15, -0.1) is 6.58 Å². The molecule has 0 aliphatic heterocycles. The number of hydrogen-bond acceptors (Lipinski definition) is 6. The van der Waals surface area contributed by atoms with Crippen LogP contribution >= 0.6 is 0 Å². The second-order valence-corrected chi connectivity index (χ2v) is 11.3. The molecular formula is C29H36FN3O6S. The van der Waals surface area contributed by atoms with Crippen LogP contribution in [-0.4, -0.2) is 51.3 Å². The molecule has 0 aliphatic carbocycles. The number of halogens is 1. The number of carbonyl (C=O) groups excluding carboxylic acids is 3. The van der Waals surface area contributed by atoms with E-state index in [2.05, 4.69) is 28.5 Å². The summed E-state index contributed by atoms with van der Waals surface area (Å²) in [5.74, 6) is -1.38. The van der Waals surface area contributed by atoms with Gasteiger partial charge in [0.05, 0.1) is 10.9 Å². The standard InChI is InChI=1S/C29H36FN3O6S/c1-5-7-23(19-34)31-28(35)26(17-20(3)4)32-29(36)27(18-21-8-12-24(13-9-21)39-16-6-2)33-40(37,38)25-14-10-22(30)11-15-25/h5-6,8-15,19-20,23,26-27,33H,1-2,7,16-18H2,3-4H3,(H,31,35)(H,32,36)/t23-,26-,27-/m0/s1. The Morgan fingerprint density at radius 3 is 2.12 bits per heavy atom. The van der Waals surface area contributed by atoms with Gasteiger partial charge in [0.1, 0.15) is 36.5 Å². The minimum absolute atomic E-state index is 0.0115. The van der Waals surface area contributed by atoms with Gasteiger partial charge >= 0.3 is 0 Å². The summed E-state index contributed by atoms with van der Waals surface area (Å²) in [5.41, 5.74) is 0.616. The molecule has 2 amide bonds. The fourth-order valence-corrected chi connectivity index (χ4v) is 4.95. The molecule has 2 rings (SSSR count). The van der Waals surface area contributed by atoms with Crippen LogP contribution in [0.25, 0.3) is 0 Å². The van der Waals surface area contributed by atoms with Crippen molar-refractivity contribution in [2.24, 2.45) is 5.92 Å². The largest absolute Gasteiger partial charge is 0.490 e. The quantitative estimate of drug-likeness (QED) is 0.197. The summed E-state index contributed by atoms with van der Waals surface area (Å²) in [6.07, 6.45) is 4.06. The molecule has 40 heavy (non-hydrogen) atoms. The summed E-state index contributed by atoms with van der Waals surface area (Å²) in [5, 5.41) is 5.23. The molecule has 0 bridgehead atoms. The van der Waals surface area contributed by atoms with E-state index in [1.54, 1.807) is 30.3 Å². The van der Waals surface area contributed by atoms with E-state index >= 15 is 0 Å². The minimum atomic E-state index is -4.24. The van der Waals surface area contributed by atoms with Crippen LogP contribution in [0.3, 0.4) is 0 Å². The second kappa shape index (κ2) is 15.7. The lowest BCUT2D eigenvalue weighted by atomic mass is 10.0. The number of nitrogens with one attached hydrogen (secondary N) is 3. The maximum Gasteiger partial charge on any atom is 0.243 e. The van der Waals surface area contributed by atoms with Crippen LogP contribution in [0.4, 0.5) is 4.39 Å². The van der Waals surface area contributed by atoms with E-state index in [9.17, 15) is 27.2 Å². The van der Waals surface area contributed by atoms with Crippen LogP contribution in [0.1, 0.15) is 32.3 Å². The number of amides is 2. The van der Waals surface area contributed by atoms with Gasteiger partial charge in [0, 0.05) is 0 Å². The van der Waals surface area contributed by atoms with Crippen molar-refractivity contribution < 1.29 is 31.9 Å². The molecular weight excluding hydrogens is 537 g/mol. The average Bonchev–Trinajstić information content (AvgIpc) is 2.91. The normalized spacial score (nSPS) is 13.5. The summed E-state index contributed by atoms with van der Waals surface area (Å²) < 4.78 is 47.5. The Bertz CT molecular complexity index is 1260. The monoisotopic (exact) mass is 573 g/mol. The first kappa shape index (κ1) is 32.4. The number of hydrogen-bond donors (Lipinski definition) is 3. The molecule has 0 fully saturated rings. The van der Waals surface area contributed by atoms with Crippen LogP contribution in [0.5, 0.6) is 5.75 Å². The summed E-state index contributed by atoms with van der Waals surface area (Å²) in [7, 11) is -4.24. The molecule has 9 nitrogen and oxygen atoms in total. The van der Waals surface area contributed by atoms with Crippen LogP contribution < -0.4 is 20.1 Å². The van der Waals surface area contributed by atoms with Crippen molar-refractivity contribution in [2.45, 2.75) is 56.1 Å². The van der Waals surface area contributed by atoms with E-state index in [-0.39, 0.29) is 30.1 Å². The zero-order chi connectivity index (χ0) is 29.7. The first-order valence-corrected chi connectivity index (χ1v) is 14.2. The van der Waals surface area contributed by atoms with Crippen molar-refractivity contribution >= 4 is 28.1 Å². The summed E-state index contributed by atoms with van der Waals surface area (Å²) in [6, 6.07) is 7.74. The molecule has 3 atom stereocenters. The molecule has 0 heterocycles. The molecule has 0 unspecified atom stereocenters. The fourth-order valence-electron chi connectivity index (χ4n) is 3.76. The molecule has 0 aliphatic rings. The first-order chi connectivity index (χ1) is 19.0. The highest BCUT2D eigenvalue weighted by Crippen LogP contribution is 2.16. The molecule has 0 aromatic heterocycles. The van der Waals surface area contributed by atoms with E-state index in [1.807, 2.05) is 13.8 Å². The Morgan fingerprint density at radius 1 is 0.950 bits per heavy atom. The van der Waals surface area contributed by atoms with E-state index in [0.29, 0.717) is 24.2 Å². The lowest BCUT2D eigenvalue weighted by Gasteiger charge is -2.25. The van der Waals surface area contributed by atoms with Crippen LogP contribution in [0, 0.1) is 11.7 Å². The number of ether oxygens (including phenoxy) is 1. The summed E-state index contributed by atoms with van der Waals surface area (Å²) in [6.45, 7) is 11.2. The van der Waals surface area contributed by atoms with Gasteiger partial charge < -0.3 is 20.2 Å². The van der Waals surface area contributed by atoms with Gasteiger partial charge in [-0.3, -0.25) is 9.59 Å². The Labute approximate surface area is 234 Å². The molecule has 2 aromatic rings. The molecule has 0 radical (unpaired) electrons. The van der Waals surface area contributed by atoms with Gasteiger partial charge in [-0.2, -0.15) is 4.72 Å². The highest BCUT2D eigenvalue weighted by atomic mass is 32.2. The fraction of sp³-hybridized carbons (Fsp3) is 0.345. The van der Waals surface area contributed by atoms with Gasteiger partial charge in [0.15, 0.2) is 0 Å². The van der Waals surface area contributed by atoms with Gasteiger partial charge in [0.2, 0.25) is 21.8 Å². The summed E-state index contributed by atoms with van der Waals surface area (Å²) >= 11 is 0. The SMILES string of the molecule is C=CCOc1ccc(C[C@H](NS(=O)(=O)c2ccc(F)cc2)C(=O)N[C@@H](CC(C)C)C(=O)N[C@H](C=O)CC=C)cc1. The molecule has 0 saturated carbocycles. The Kier molecular flexibility index (Phi) is 12.7. The Hall–Kier alpha value is -3.83. The second-order valence-electron chi connectivity index (χ2n) is 9.54. The highest BCUT2D eigenvalue weighted by Gasteiger charge is 2.30. The predicted octanol–water partition coefficient (Wildman–Crippen LogP) is 3.07. The molecule has 3 N–H and O–H groups in total. The Balaban J connectivity index is 2.34. The maximum absolute atomic E-state index is 13.5. The lowest BCUT2D eigenvalue weighted by Crippen LogP contribution is -2.55. The van der Waals surface area contributed by atoms with Gasteiger partial charge in [-0.25, -0.2) is 12.8 Å². The maximum atomic E-state index is 13.5. The number of benzene rings is 2. The third kappa shape index (κ3) is 10.4. The van der Waals surface area contributed by atoms with E-state index < -0.39 is 45.8 Å². The van der Waals surface area contributed by atoms with Crippen LogP contribution in [-0.2, 0) is 30.8 Å². The van der Waals surface area contributed by atoms with Crippen molar-refractivity contribution in [1.82, 2.24) is 15.4 Å². The van der Waals surface area contributed by atoms with Crippen LogP contribution in [0.2, 0.25) is 0 Å². The van der Waals surface area contributed by atoms with Crippen LogP contribution in [0.15, 0.2) is 78.7 Å². The minimum Gasteiger partial charge on any atom is -0.490 e. The Morgan fingerprint density at radius 2 is 1.57 bits per heavy atom. The van der Waals surface area contributed by atoms with Crippen molar-refractivity contribution in [1.29, 1.82) is 0 Å². The van der Waals surface area contributed by atoms with Gasteiger partial charge in [-0.05, 0) is 67.1 Å². The van der Waals surface area contributed by atoms with Crippen molar-refractivity contribution in [3.05, 3.63) is 85.2 Å². The highest BCUT2D eigenvalue weighted by molar-refractivity contribution is 7.89. The molecule has 11 heteroatoms. The predicted molar refractivity (Wildman–Crippen MR) is 151 cm³/mol. The average molecular weight is 574 g/mol. The summed E-state index contributed by atoms with van der Waals surface area (Å²) in [4.78, 5) is 37.6. The first-order valence-electron chi connectivity index (χ1n) is 12.8. The van der Waals surface area contributed by atoms with E-state index in [1.165, 1.54) is 6.08 Å². The topological polar surface area (TPSA) is 131 Å². The molecule has 216 valence electrons. The smallest absolute Gasteiger partial charge is 0.243 e. The zero-order valence-electron chi connectivity index (χ0n) is 22.6. The van der Waals surface area contributed by atoms with Gasteiger partial charge in [0.25, 0.3) is 0 Å². The van der Waals surface area contributed by atoms with Crippen molar-refractivity contribution in [3.8, 4) is 5.75 Å². The number of sulfonamides is 1. The third-order valence-corrected chi connectivity index (χ3v) is 7.21. The third-order valence-electron chi connectivity index (χ3n) is 5.72. The molecule has 0 saturated heterocycles. The number of rotatable bonds is 17. The zero-order valence-corrected chi connectivity index (χ0v) is 23.5. The van der Waals surface area contributed by atoms with Crippen molar-refractivity contribution in [2.75, 3.05) is 6.61 Å². The molecule has 0 spiro atoms. The number of aldehydes is 1. The van der Waals surface area contributed by atoms with E-state index in [4.69, 9.17) is 4.74 Å². The van der Waals surface area contributed by atoms with Crippen molar-refractivity contribution in [3.63, 3.8) is 0 Å². The lowest BCUT2D eigenvalue weighted by molar-refractivity contribution is -0.131. The van der Waals surface area contributed by atoms with E-state index in [0.717, 1.165) is 24.3 Å². The van der Waals surface area contributed by atoms with Gasteiger partial charge in [-0.1, -0.05) is 44.7 Å².